The summed E-state index contributed by atoms with van der Waals surface area (Å²) < 4.78 is 0. The van der Waals surface area contributed by atoms with Gasteiger partial charge in [-0.15, -0.1) is 0 Å². The molecule has 0 unspecified atom stereocenters. The van der Waals surface area contributed by atoms with Gasteiger partial charge in [0.05, 0.1) is 0 Å². The second kappa shape index (κ2) is 4.73. The molecule has 0 radical (unpaired) electrons. The summed E-state index contributed by atoms with van der Waals surface area (Å²) in [4.78, 5) is 0. The topological polar surface area (TPSA) is 12.0 Å². The zero-order valence-electron chi connectivity index (χ0n) is 7.83. The summed E-state index contributed by atoms with van der Waals surface area (Å²) >= 11 is 0. The average molecular weight is 143 g/mol. The second-order valence-electron chi connectivity index (χ2n) is 3.69. The third kappa shape index (κ3) is 4.80. The molecule has 0 rings (SSSR count). The van der Waals surface area contributed by atoms with E-state index < -0.39 is 0 Å². The fourth-order valence-electron chi connectivity index (χ4n) is 0.729. The Bertz CT molecular complexity index is 76.8. The van der Waals surface area contributed by atoms with Gasteiger partial charge in [0.15, 0.2) is 0 Å². The Morgan fingerprint density at radius 1 is 1.20 bits per heavy atom. The Morgan fingerprint density at radius 2 is 1.80 bits per heavy atom. The summed E-state index contributed by atoms with van der Waals surface area (Å²) in [5, 5.41) is 3.43. The van der Waals surface area contributed by atoms with Gasteiger partial charge in [-0.2, -0.15) is 0 Å². The van der Waals surface area contributed by atoms with E-state index in [1.54, 1.807) is 0 Å². The third-order valence-electron chi connectivity index (χ3n) is 1.99. The molecule has 10 heavy (non-hydrogen) atoms. The van der Waals surface area contributed by atoms with Crippen molar-refractivity contribution in [2.24, 2.45) is 5.41 Å². The van der Waals surface area contributed by atoms with Crippen molar-refractivity contribution in [3.05, 3.63) is 0 Å². The van der Waals surface area contributed by atoms with Crippen molar-refractivity contribution in [3.8, 4) is 0 Å². The van der Waals surface area contributed by atoms with Crippen LogP contribution in [0.15, 0.2) is 0 Å². The van der Waals surface area contributed by atoms with Crippen LogP contribution >= 0.6 is 0 Å². The van der Waals surface area contributed by atoms with E-state index in [-0.39, 0.29) is 0 Å². The van der Waals surface area contributed by atoms with Crippen molar-refractivity contribution in [2.75, 3.05) is 13.1 Å². The molecule has 0 aromatic carbocycles. The molecular formula is C9H21N. The maximum absolute atomic E-state index is 3.43. The maximum atomic E-state index is 3.43. The molecule has 0 saturated heterocycles. The van der Waals surface area contributed by atoms with Crippen LogP contribution in [0.5, 0.6) is 0 Å². The van der Waals surface area contributed by atoms with E-state index >= 15 is 0 Å². The van der Waals surface area contributed by atoms with Crippen molar-refractivity contribution < 1.29 is 0 Å². The van der Waals surface area contributed by atoms with Crippen LogP contribution in [0.4, 0.5) is 0 Å². The molecule has 0 bridgehead atoms. The molecule has 0 aliphatic heterocycles. The van der Waals surface area contributed by atoms with Crippen molar-refractivity contribution in [1.29, 1.82) is 0 Å². The molecule has 0 aliphatic carbocycles. The fraction of sp³-hybridized carbons (Fsp3) is 1.00. The molecule has 62 valence electrons. The first-order chi connectivity index (χ1) is 4.62. The third-order valence-corrected chi connectivity index (χ3v) is 1.99. The molecule has 0 aliphatic rings. The van der Waals surface area contributed by atoms with Crippen molar-refractivity contribution >= 4 is 0 Å². The Balaban J connectivity index is 3.28. The van der Waals surface area contributed by atoms with Gasteiger partial charge in [0, 0.05) is 6.54 Å². The SMILES string of the molecule is CCCNCC(C)(C)CC. The normalized spacial score (nSPS) is 12.0. The van der Waals surface area contributed by atoms with E-state index in [4.69, 9.17) is 0 Å². The Morgan fingerprint density at radius 3 is 2.20 bits per heavy atom. The van der Waals surface area contributed by atoms with Crippen LogP contribution in [0.2, 0.25) is 0 Å². The zero-order chi connectivity index (χ0) is 8.04. The lowest BCUT2D eigenvalue weighted by molar-refractivity contribution is 0.329. The standard InChI is InChI=1S/C9H21N/c1-5-7-10-8-9(3,4)6-2/h10H,5-8H2,1-4H3. The molecular weight excluding hydrogens is 122 g/mol. The molecule has 1 heteroatoms. The minimum atomic E-state index is 0.481. The largest absolute Gasteiger partial charge is 0.316 e. The van der Waals surface area contributed by atoms with Gasteiger partial charge >= 0.3 is 0 Å². The highest BCUT2D eigenvalue weighted by atomic mass is 14.9. The Labute approximate surface area is 65.2 Å². The van der Waals surface area contributed by atoms with Gasteiger partial charge in [-0.3, -0.25) is 0 Å². The minimum absolute atomic E-state index is 0.481. The first-order valence-electron chi connectivity index (χ1n) is 4.33. The molecule has 0 atom stereocenters. The van der Waals surface area contributed by atoms with E-state index in [1.807, 2.05) is 0 Å². The highest BCUT2D eigenvalue weighted by Crippen LogP contribution is 2.17. The van der Waals surface area contributed by atoms with Crippen molar-refractivity contribution in [1.82, 2.24) is 5.32 Å². The van der Waals surface area contributed by atoms with Gasteiger partial charge in [0.1, 0.15) is 0 Å². The molecule has 0 amide bonds. The van der Waals surface area contributed by atoms with Crippen molar-refractivity contribution in [3.63, 3.8) is 0 Å². The zero-order valence-corrected chi connectivity index (χ0v) is 7.83. The lowest BCUT2D eigenvalue weighted by Crippen LogP contribution is -2.29. The van der Waals surface area contributed by atoms with Gasteiger partial charge in [-0.05, 0) is 24.8 Å². The highest BCUT2D eigenvalue weighted by Gasteiger charge is 2.12. The van der Waals surface area contributed by atoms with E-state index in [9.17, 15) is 0 Å². The first kappa shape index (κ1) is 9.96. The summed E-state index contributed by atoms with van der Waals surface area (Å²) in [6.45, 7) is 11.4. The van der Waals surface area contributed by atoms with Gasteiger partial charge in [-0.25, -0.2) is 0 Å². The monoisotopic (exact) mass is 143 g/mol. The number of nitrogens with one attached hydrogen (secondary N) is 1. The molecule has 1 N–H and O–H groups in total. The summed E-state index contributed by atoms with van der Waals surface area (Å²) in [6.07, 6.45) is 2.49. The molecule has 0 fully saturated rings. The predicted octanol–water partition coefficient (Wildman–Crippen LogP) is 2.42. The van der Waals surface area contributed by atoms with Crippen LogP contribution in [-0.4, -0.2) is 13.1 Å². The fourth-order valence-corrected chi connectivity index (χ4v) is 0.729. The molecule has 0 aromatic rings. The van der Waals surface area contributed by atoms with Gasteiger partial charge in [0.2, 0.25) is 0 Å². The van der Waals surface area contributed by atoms with Crippen LogP contribution in [0.25, 0.3) is 0 Å². The maximum Gasteiger partial charge on any atom is 0.000241 e. The Kier molecular flexibility index (Phi) is 4.71. The molecule has 1 nitrogen and oxygen atoms in total. The summed E-state index contributed by atoms with van der Waals surface area (Å²) in [5.74, 6) is 0. The van der Waals surface area contributed by atoms with Crippen LogP contribution in [0.1, 0.15) is 40.5 Å². The molecule has 0 aromatic heterocycles. The summed E-state index contributed by atoms with van der Waals surface area (Å²) in [5.41, 5.74) is 0.481. The van der Waals surface area contributed by atoms with Crippen molar-refractivity contribution in [2.45, 2.75) is 40.5 Å². The smallest absolute Gasteiger partial charge is 0.000241 e. The first-order valence-corrected chi connectivity index (χ1v) is 4.33. The summed E-state index contributed by atoms with van der Waals surface area (Å²) in [6, 6.07) is 0. The molecule has 0 heterocycles. The van der Waals surface area contributed by atoms with Gasteiger partial charge in [-0.1, -0.05) is 27.7 Å². The van der Waals surface area contributed by atoms with E-state index in [2.05, 4.69) is 33.0 Å². The van der Waals surface area contributed by atoms with Crippen LogP contribution in [-0.2, 0) is 0 Å². The minimum Gasteiger partial charge on any atom is -0.316 e. The quantitative estimate of drug-likeness (QED) is 0.583. The highest BCUT2D eigenvalue weighted by molar-refractivity contribution is 4.68. The van der Waals surface area contributed by atoms with E-state index in [0.29, 0.717) is 5.41 Å². The number of rotatable bonds is 5. The van der Waals surface area contributed by atoms with Crippen LogP contribution in [0, 0.1) is 5.41 Å². The second-order valence-corrected chi connectivity index (χ2v) is 3.69. The lowest BCUT2D eigenvalue weighted by Gasteiger charge is -2.22. The van der Waals surface area contributed by atoms with Gasteiger partial charge in [0.25, 0.3) is 0 Å². The summed E-state index contributed by atoms with van der Waals surface area (Å²) in [7, 11) is 0. The van der Waals surface area contributed by atoms with Crippen LogP contribution in [0.3, 0.4) is 0 Å². The predicted molar refractivity (Wildman–Crippen MR) is 47.2 cm³/mol. The Hall–Kier alpha value is -0.0400. The van der Waals surface area contributed by atoms with Gasteiger partial charge < -0.3 is 5.32 Å². The van der Waals surface area contributed by atoms with E-state index in [1.165, 1.54) is 12.8 Å². The number of hydrogen-bond acceptors (Lipinski definition) is 1. The van der Waals surface area contributed by atoms with E-state index in [0.717, 1.165) is 13.1 Å². The molecule has 0 spiro atoms. The lowest BCUT2D eigenvalue weighted by atomic mass is 9.90. The average Bonchev–Trinajstić information content (AvgIpc) is 1.89. The van der Waals surface area contributed by atoms with Crippen LogP contribution < -0.4 is 5.32 Å². The number of hydrogen-bond donors (Lipinski definition) is 1. The molecule has 0 saturated carbocycles.